The van der Waals surface area contributed by atoms with Crippen molar-refractivity contribution in [2.75, 3.05) is 31.5 Å². The lowest BCUT2D eigenvalue weighted by Crippen LogP contribution is -2.51. The molecule has 2 aromatic rings. The fourth-order valence-electron chi connectivity index (χ4n) is 4.82. The molecule has 0 saturated heterocycles. The van der Waals surface area contributed by atoms with Gasteiger partial charge in [0, 0.05) is 44.7 Å². The van der Waals surface area contributed by atoms with Crippen molar-refractivity contribution < 1.29 is 37.2 Å². The summed E-state index contributed by atoms with van der Waals surface area (Å²) < 4.78 is 44.7. The quantitative estimate of drug-likeness (QED) is 0.174. The molecule has 0 aliphatic carbocycles. The Balaban J connectivity index is 1.75. The number of benzene rings is 2. The average molecular weight is 606 g/mol. The van der Waals surface area contributed by atoms with E-state index in [1.165, 1.54) is 17.0 Å². The van der Waals surface area contributed by atoms with Crippen LogP contribution < -0.4 is 33.3 Å². The number of halogens is 3. The Morgan fingerprint density at radius 1 is 1.05 bits per heavy atom. The standard InChI is InChI=1S/C28H38BF3N6O5/c1-27(2)20-8-7-19(16-21(20)29(42)43-27)36-26(41)23(15-17-3-5-18(6-4-17)28(30,31)32)37-25(40)22(35)9-10-24(39)38(13-11-33)14-12-34/h3-8,16,22-23,42H,9-15,33-35H2,1-2H3,(H,36,41)(H,37,40). The van der Waals surface area contributed by atoms with Gasteiger partial charge in [0.2, 0.25) is 17.7 Å². The van der Waals surface area contributed by atoms with Gasteiger partial charge in [0.25, 0.3) is 0 Å². The Hall–Kier alpha value is -3.50. The number of carbonyl (C=O) groups excluding carboxylic acids is 3. The van der Waals surface area contributed by atoms with Crippen molar-refractivity contribution in [3.8, 4) is 0 Å². The van der Waals surface area contributed by atoms with Crippen LogP contribution in [0.15, 0.2) is 42.5 Å². The molecule has 0 radical (unpaired) electrons. The van der Waals surface area contributed by atoms with Gasteiger partial charge in [0.05, 0.1) is 17.2 Å². The summed E-state index contributed by atoms with van der Waals surface area (Å²) in [6.45, 7) is 4.67. The first-order valence-electron chi connectivity index (χ1n) is 13.9. The predicted molar refractivity (Wildman–Crippen MR) is 156 cm³/mol. The van der Waals surface area contributed by atoms with Crippen molar-refractivity contribution in [3.63, 3.8) is 0 Å². The number of hydrogen-bond donors (Lipinski definition) is 6. The number of amides is 3. The molecule has 0 bridgehead atoms. The van der Waals surface area contributed by atoms with Crippen molar-refractivity contribution in [2.24, 2.45) is 17.2 Å². The minimum absolute atomic E-state index is 0.0244. The molecule has 15 heteroatoms. The summed E-state index contributed by atoms with van der Waals surface area (Å²) in [5.74, 6) is -1.66. The van der Waals surface area contributed by atoms with Crippen LogP contribution in [0.1, 0.15) is 43.4 Å². The Labute approximate surface area is 248 Å². The molecule has 2 unspecified atom stereocenters. The van der Waals surface area contributed by atoms with Crippen molar-refractivity contribution >= 4 is 36.0 Å². The van der Waals surface area contributed by atoms with E-state index in [1.807, 2.05) is 0 Å². The summed E-state index contributed by atoms with van der Waals surface area (Å²) in [7, 11) is -1.20. The number of rotatable bonds is 13. The first-order valence-corrected chi connectivity index (χ1v) is 13.9. The van der Waals surface area contributed by atoms with E-state index in [1.54, 1.807) is 32.0 Å². The highest BCUT2D eigenvalue weighted by Gasteiger charge is 2.40. The summed E-state index contributed by atoms with van der Waals surface area (Å²) in [6.07, 6.45) is -4.76. The van der Waals surface area contributed by atoms with Gasteiger partial charge in [-0.15, -0.1) is 0 Å². The maximum atomic E-state index is 13.4. The number of nitrogens with two attached hydrogens (primary N) is 3. The van der Waals surface area contributed by atoms with Crippen LogP contribution in [0.2, 0.25) is 0 Å². The number of nitrogens with one attached hydrogen (secondary N) is 2. The second-order valence-corrected chi connectivity index (χ2v) is 10.8. The SMILES string of the molecule is CC1(C)OB(O)c2cc(NC(=O)C(Cc3ccc(C(F)(F)F)cc3)NC(=O)C(N)CCC(=O)N(CCN)CCN)ccc21. The molecule has 234 valence electrons. The highest BCUT2D eigenvalue weighted by Crippen LogP contribution is 2.31. The van der Waals surface area contributed by atoms with Crippen LogP contribution in [0.4, 0.5) is 18.9 Å². The van der Waals surface area contributed by atoms with Crippen molar-refractivity contribution in [3.05, 3.63) is 59.2 Å². The summed E-state index contributed by atoms with van der Waals surface area (Å²) in [6, 6.07) is 6.71. The van der Waals surface area contributed by atoms with Gasteiger partial charge in [-0.2, -0.15) is 13.2 Å². The minimum atomic E-state index is -4.53. The number of hydrogen-bond acceptors (Lipinski definition) is 8. The Morgan fingerprint density at radius 3 is 2.26 bits per heavy atom. The first-order chi connectivity index (χ1) is 20.2. The maximum absolute atomic E-state index is 13.4. The van der Waals surface area contributed by atoms with E-state index >= 15 is 0 Å². The third-order valence-electron chi connectivity index (χ3n) is 7.15. The van der Waals surface area contributed by atoms with Crippen molar-refractivity contribution in [1.29, 1.82) is 0 Å². The molecule has 3 amide bonds. The van der Waals surface area contributed by atoms with Gasteiger partial charge in [-0.25, -0.2) is 0 Å². The number of carbonyl (C=O) groups is 3. The molecule has 43 heavy (non-hydrogen) atoms. The molecule has 3 rings (SSSR count). The maximum Gasteiger partial charge on any atom is 0.492 e. The lowest BCUT2D eigenvalue weighted by molar-refractivity contribution is -0.137. The van der Waals surface area contributed by atoms with Gasteiger partial charge < -0.3 is 42.4 Å². The predicted octanol–water partition coefficient (Wildman–Crippen LogP) is 0.178. The molecule has 1 aliphatic heterocycles. The summed E-state index contributed by atoms with van der Waals surface area (Å²) in [5, 5.41) is 15.6. The van der Waals surface area contributed by atoms with Crippen LogP contribution in [0.25, 0.3) is 0 Å². The first kappa shape index (κ1) is 34.0. The third kappa shape index (κ3) is 9.00. The van der Waals surface area contributed by atoms with Gasteiger partial charge in [-0.05, 0) is 61.1 Å². The number of fused-ring (bicyclic) bond motifs is 1. The van der Waals surface area contributed by atoms with E-state index < -0.39 is 48.4 Å². The number of nitrogens with zero attached hydrogens (tertiary/aromatic N) is 1. The van der Waals surface area contributed by atoms with Crippen LogP contribution in [-0.2, 0) is 37.2 Å². The Kier molecular flexibility index (Phi) is 11.3. The highest BCUT2D eigenvalue weighted by molar-refractivity contribution is 6.62. The molecule has 11 nitrogen and oxygen atoms in total. The van der Waals surface area contributed by atoms with Crippen molar-refractivity contribution in [2.45, 2.75) is 57.0 Å². The van der Waals surface area contributed by atoms with Crippen LogP contribution in [0.3, 0.4) is 0 Å². The molecule has 1 heterocycles. The molecule has 0 aromatic heterocycles. The van der Waals surface area contributed by atoms with Crippen molar-refractivity contribution in [1.82, 2.24) is 10.2 Å². The van der Waals surface area contributed by atoms with E-state index in [0.717, 1.165) is 17.7 Å². The molecule has 0 fully saturated rings. The molecular formula is C28H38BF3N6O5. The lowest BCUT2D eigenvalue weighted by atomic mass is 9.78. The van der Waals surface area contributed by atoms with E-state index in [-0.39, 0.29) is 38.3 Å². The fraction of sp³-hybridized carbons (Fsp3) is 0.464. The zero-order valence-electron chi connectivity index (χ0n) is 24.1. The van der Waals surface area contributed by atoms with Gasteiger partial charge in [-0.1, -0.05) is 18.2 Å². The van der Waals surface area contributed by atoms with Gasteiger partial charge in [0.1, 0.15) is 6.04 Å². The molecule has 2 aromatic carbocycles. The molecule has 9 N–H and O–H groups in total. The van der Waals surface area contributed by atoms with E-state index in [2.05, 4.69) is 10.6 Å². The van der Waals surface area contributed by atoms with Crippen LogP contribution in [0, 0.1) is 0 Å². The minimum Gasteiger partial charge on any atom is -0.423 e. The summed E-state index contributed by atoms with van der Waals surface area (Å²) >= 11 is 0. The molecule has 0 saturated carbocycles. The Bertz CT molecular complexity index is 1290. The Morgan fingerprint density at radius 2 is 1.67 bits per heavy atom. The van der Waals surface area contributed by atoms with E-state index in [0.29, 0.717) is 29.8 Å². The molecule has 1 aliphatic rings. The highest BCUT2D eigenvalue weighted by atomic mass is 19.4. The second kappa shape index (κ2) is 14.3. The van der Waals surface area contributed by atoms with E-state index in [9.17, 15) is 32.6 Å². The third-order valence-corrected chi connectivity index (χ3v) is 7.15. The topological polar surface area (TPSA) is 186 Å². The van der Waals surface area contributed by atoms with Crippen LogP contribution >= 0.6 is 0 Å². The van der Waals surface area contributed by atoms with Crippen LogP contribution in [-0.4, -0.2) is 73.0 Å². The molecular weight excluding hydrogens is 568 g/mol. The molecule has 2 atom stereocenters. The monoisotopic (exact) mass is 606 g/mol. The summed E-state index contributed by atoms with van der Waals surface area (Å²) in [5.41, 5.74) is 17.4. The normalized spacial score (nSPS) is 15.4. The van der Waals surface area contributed by atoms with Gasteiger partial charge in [0.15, 0.2) is 0 Å². The smallest absolute Gasteiger partial charge is 0.423 e. The largest absolute Gasteiger partial charge is 0.492 e. The van der Waals surface area contributed by atoms with E-state index in [4.69, 9.17) is 21.9 Å². The lowest BCUT2D eigenvalue weighted by Gasteiger charge is -2.23. The fourth-order valence-corrected chi connectivity index (χ4v) is 4.82. The molecule has 0 spiro atoms. The zero-order valence-corrected chi connectivity index (χ0v) is 24.1. The summed E-state index contributed by atoms with van der Waals surface area (Å²) in [4.78, 5) is 40.4. The van der Waals surface area contributed by atoms with Gasteiger partial charge in [-0.3, -0.25) is 14.4 Å². The van der Waals surface area contributed by atoms with Gasteiger partial charge >= 0.3 is 13.3 Å². The van der Waals surface area contributed by atoms with Crippen LogP contribution in [0.5, 0.6) is 0 Å². The number of alkyl halides is 3. The average Bonchev–Trinajstić information content (AvgIpc) is 3.17. The zero-order chi connectivity index (χ0) is 31.9. The number of anilines is 1. The second-order valence-electron chi connectivity index (χ2n) is 10.8.